The third-order valence-corrected chi connectivity index (χ3v) is 4.58. The van der Waals surface area contributed by atoms with E-state index in [1.807, 2.05) is 31.5 Å². The lowest BCUT2D eigenvalue weighted by Crippen LogP contribution is -2.45. The molecule has 0 radical (unpaired) electrons. The highest BCUT2D eigenvalue weighted by molar-refractivity contribution is 9.10. The summed E-state index contributed by atoms with van der Waals surface area (Å²) in [6.07, 6.45) is 3.78. The second kappa shape index (κ2) is 7.90. The van der Waals surface area contributed by atoms with Gasteiger partial charge in [0, 0.05) is 48.6 Å². The Morgan fingerprint density at radius 1 is 1.30 bits per heavy atom. The molecule has 0 aliphatic carbocycles. The molecule has 2 heterocycles. The van der Waals surface area contributed by atoms with Crippen molar-refractivity contribution >= 4 is 15.9 Å². The molecule has 0 saturated carbocycles. The number of benzene rings is 1. The number of hydrogen-bond donors (Lipinski definition) is 1. The first-order chi connectivity index (χ1) is 11.3. The van der Waals surface area contributed by atoms with Gasteiger partial charge in [0.05, 0.1) is 12.6 Å². The van der Waals surface area contributed by atoms with E-state index >= 15 is 0 Å². The molecule has 0 bridgehead atoms. The molecular weight excluding hydrogens is 354 g/mol. The molecule has 122 valence electrons. The largest absolute Gasteiger partial charge is 0.494 e. The van der Waals surface area contributed by atoms with Gasteiger partial charge in [0.1, 0.15) is 5.75 Å². The first kappa shape index (κ1) is 16.4. The fourth-order valence-electron chi connectivity index (χ4n) is 3.09. The summed E-state index contributed by atoms with van der Waals surface area (Å²) in [6.45, 7) is 6.73. The van der Waals surface area contributed by atoms with Gasteiger partial charge in [-0.3, -0.25) is 9.88 Å². The summed E-state index contributed by atoms with van der Waals surface area (Å²) in [5.41, 5.74) is 2.39. The number of rotatable bonds is 5. The second-order valence-electron chi connectivity index (χ2n) is 5.59. The molecule has 1 aromatic heterocycles. The van der Waals surface area contributed by atoms with E-state index in [0.717, 1.165) is 36.4 Å². The van der Waals surface area contributed by atoms with Gasteiger partial charge in [-0.25, -0.2) is 0 Å². The van der Waals surface area contributed by atoms with Crippen molar-refractivity contribution in [1.29, 1.82) is 0 Å². The van der Waals surface area contributed by atoms with Gasteiger partial charge in [-0.05, 0) is 36.8 Å². The van der Waals surface area contributed by atoms with Gasteiger partial charge in [-0.1, -0.05) is 22.0 Å². The topological polar surface area (TPSA) is 37.4 Å². The Labute approximate surface area is 146 Å². The predicted octanol–water partition coefficient (Wildman–Crippen LogP) is 3.24. The van der Waals surface area contributed by atoms with E-state index in [9.17, 15) is 0 Å². The number of nitrogens with zero attached hydrogens (tertiary/aromatic N) is 2. The zero-order chi connectivity index (χ0) is 16.1. The van der Waals surface area contributed by atoms with Crippen molar-refractivity contribution < 1.29 is 4.74 Å². The molecule has 2 aromatic rings. The van der Waals surface area contributed by atoms with Crippen LogP contribution in [0.4, 0.5) is 0 Å². The predicted molar refractivity (Wildman–Crippen MR) is 95.8 cm³/mol. The first-order valence-electron chi connectivity index (χ1n) is 8.06. The van der Waals surface area contributed by atoms with Crippen LogP contribution in [0.25, 0.3) is 0 Å². The molecule has 0 amide bonds. The van der Waals surface area contributed by atoms with Crippen LogP contribution in [-0.2, 0) is 0 Å². The average Bonchev–Trinajstić information content (AvgIpc) is 2.60. The maximum absolute atomic E-state index is 5.90. The number of aromatic nitrogens is 1. The lowest BCUT2D eigenvalue weighted by molar-refractivity contribution is 0.194. The highest BCUT2D eigenvalue weighted by atomic mass is 79.9. The van der Waals surface area contributed by atoms with Crippen LogP contribution in [0.5, 0.6) is 5.75 Å². The van der Waals surface area contributed by atoms with Crippen molar-refractivity contribution in [2.45, 2.75) is 13.0 Å². The minimum absolute atomic E-state index is 0.157. The van der Waals surface area contributed by atoms with Crippen LogP contribution in [0.3, 0.4) is 0 Å². The molecule has 5 heteroatoms. The number of nitrogens with one attached hydrogen (secondary N) is 1. The van der Waals surface area contributed by atoms with Gasteiger partial charge >= 0.3 is 0 Å². The van der Waals surface area contributed by atoms with E-state index in [2.05, 4.69) is 49.3 Å². The summed E-state index contributed by atoms with van der Waals surface area (Å²) in [7, 11) is 0. The summed E-state index contributed by atoms with van der Waals surface area (Å²) < 4.78 is 6.97. The van der Waals surface area contributed by atoms with Crippen molar-refractivity contribution in [3.8, 4) is 5.75 Å². The lowest BCUT2D eigenvalue weighted by Gasteiger charge is -2.36. The average molecular weight is 376 g/mol. The standard InChI is InChI=1S/C18H22BrN3O/c1-2-23-17-6-5-15(19)12-16(17)18(14-4-3-7-21-13-14)22-10-8-20-9-11-22/h3-7,12-13,18,20H,2,8-11H2,1H3. The number of halogens is 1. The number of hydrogen-bond acceptors (Lipinski definition) is 4. The molecule has 23 heavy (non-hydrogen) atoms. The van der Waals surface area contributed by atoms with E-state index in [1.54, 1.807) is 0 Å². The van der Waals surface area contributed by atoms with Crippen LogP contribution in [0.2, 0.25) is 0 Å². The molecule has 1 aromatic carbocycles. The van der Waals surface area contributed by atoms with Crippen LogP contribution in [0.15, 0.2) is 47.2 Å². The Hall–Kier alpha value is -1.43. The quantitative estimate of drug-likeness (QED) is 0.870. The molecule has 1 atom stereocenters. The smallest absolute Gasteiger partial charge is 0.124 e. The third kappa shape index (κ3) is 3.91. The first-order valence-corrected chi connectivity index (χ1v) is 8.86. The minimum atomic E-state index is 0.157. The summed E-state index contributed by atoms with van der Waals surface area (Å²) in [5.74, 6) is 0.947. The van der Waals surface area contributed by atoms with Gasteiger partial charge in [-0.15, -0.1) is 0 Å². The second-order valence-corrected chi connectivity index (χ2v) is 6.51. The van der Waals surface area contributed by atoms with Crippen LogP contribution >= 0.6 is 15.9 Å². The number of ether oxygens (including phenoxy) is 1. The Morgan fingerprint density at radius 3 is 2.83 bits per heavy atom. The molecule has 1 fully saturated rings. The van der Waals surface area contributed by atoms with Gasteiger partial charge in [-0.2, -0.15) is 0 Å². The monoisotopic (exact) mass is 375 g/mol. The normalized spacial score (nSPS) is 17.0. The van der Waals surface area contributed by atoms with E-state index in [4.69, 9.17) is 4.74 Å². The van der Waals surface area contributed by atoms with Gasteiger partial charge < -0.3 is 10.1 Å². The molecule has 1 saturated heterocycles. The number of pyridine rings is 1. The fraction of sp³-hybridized carbons (Fsp3) is 0.389. The maximum atomic E-state index is 5.90. The van der Waals surface area contributed by atoms with Gasteiger partial charge in [0.15, 0.2) is 0 Å². The maximum Gasteiger partial charge on any atom is 0.124 e. The van der Waals surface area contributed by atoms with Crippen molar-refractivity contribution in [3.63, 3.8) is 0 Å². The lowest BCUT2D eigenvalue weighted by atomic mass is 9.97. The summed E-state index contributed by atoms with van der Waals surface area (Å²) in [4.78, 5) is 6.83. The highest BCUT2D eigenvalue weighted by Gasteiger charge is 2.27. The Balaban J connectivity index is 2.06. The van der Waals surface area contributed by atoms with E-state index in [0.29, 0.717) is 6.61 Å². The van der Waals surface area contributed by atoms with Gasteiger partial charge in [0.2, 0.25) is 0 Å². The molecular formula is C18H22BrN3O. The Kier molecular flexibility index (Phi) is 5.65. The number of piperazine rings is 1. The van der Waals surface area contributed by atoms with Crippen molar-refractivity contribution in [2.75, 3.05) is 32.8 Å². The van der Waals surface area contributed by atoms with Crippen molar-refractivity contribution in [3.05, 3.63) is 58.3 Å². The third-order valence-electron chi connectivity index (χ3n) is 4.08. The zero-order valence-corrected chi connectivity index (χ0v) is 14.9. The molecule has 4 nitrogen and oxygen atoms in total. The highest BCUT2D eigenvalue weighted by Crippen LogP contribution is 2.36. The molecule has 0 spiro atoms. The van der Waals surface area contributed by atoms with Crippen LogP contribution in [0.1, 0.15) is 24.1 Å². The Morgan fingerprint density at radius 2 is 2.13 bits per heavy atom. The summed E-state index contributed by atoms with van der Waals surface area (Å²) >= 11 is 3.61. The van der Waals surface area contributed by atoms with E-state index < -0.39 is 0 Å². The Bertz CT molecular complexity index is 629. The van der Waals surface area contributed by atoms with Crippen LogP contribution in [0, 0.1) is 0 Å². The van der Waals surface area contributed by atoms with Crippen LogP contribution < -0.4 is 10.1 Å². The molecule has 1 aliphatic heterocycles. The zero-order valence-electron chi connectivity index (χ0n) is 13.3. The van der Waals surface area contributed by atoms with Crippen LogP contribution in [-0.4, -0.2) is 42.7 Å². The SMILES string of the molecule is CCOc1ccc(Br)cc1C(c1cccnc1)N1CCNCC1. The van der Waals surface area contributed by atoms with E-state index in [-0.39, 0.29) is 6.04 Å². The molecule has 1 unspecified atom stereocenters. The van der Waals surface area contributed by atoms with Crippen molar-refractivity contribution in [1.82, 2.24) is 15.2 Å². The van der Waals surface area contributed by atoms with Gasteiger partial charge in [0.25, 0.3) is 0 Å². The minimum Gasteiger partial charge on any atom is -0.494 e. The fourth-order valence-corrected chi connectivity index (χ4v) is 3.46. The summed E-state index contributed by atoms with van der Waals surface area (Å²) in [6, 6.07) is 10.6. The molecule has 1 aliphatic rings. The van der Waals surface area contributed by atoms with Crippen molar-refractivity contribution in [2.24, 2.45) is 0 Å². The molecule has 3 rings (SSSR count). The summed E-state index contributed by atoms with van der Waals surface area (Å²) in [5, 5.41) is 3.43. The molecule has 1 N–H and O–H groups in total. The van der Waals surface area contributed by atoms with E-state index in [1.165, 1.54) is 11.1 Å².